The van der Waals surface area contributed by atoms with E-state index in [-0.39, 0.29) is 6.54 Å². The number of rotatable bonds is 6. The molecule has 0 saturated heterocycles. The standard InChI is InChI=1S/C15H16Cl2N6O2S/c1-22(6-5-20-26(18,24)25)13-8-12(23-7-4-19-9-23)10-2-3-11(16)14(17)15(10)21-13/h2-4,7-9,20H,5-6H2,1H3,(H2,18,24,25). The van der Waals surface area contributed by atoms with Gasteiger partial charge in [0, 0.05) is 44.0 Å². The van der Waals surface area contributed by atoms with E-state index >= 15 is 0 Å². The maximum Gasteiger partial charge on any atom is 0.274 e. The van der Waals surface area contributed by atoms with Gasteiger partial charge in [0.2, 0.25) is 0 Å². The molecule has 3 rings (SSSR count). The Morgan fingerprint density at radius 3 is 2.77 bits per heavy atom. The van der Waals surface area contributed by atoms with Gasteiger partial charge >= 0.3 is 0 Å². The molecule has 138 valence electrons. The summed E-state index contributed by atoms with van der Waals surface area (Å²) in [6, 6.07) is 5.43. The number of halogens is 2. The minimum atomic E-state index is -3.74. The molecule has 0 saturated carbocycles. The maximum atomic E-state index is 11.0. The number of imidazole rings is 1. The highest BCUT2D eigenvalue weighted by Gasteiger charge is 2.15. The third kappa shape index (κ3) is 4.08. The number of fused-ring (bicyclic) bond motifs is 1. The van der Waals surface area contributed by atoms with Crippen LogP contribution in [-0.4, -0.2) is 43.1 Å². The van der Waals surface area contributed by atoms with E-state index in [1.165, 1.54) is 0 Å². The Morgan fingerprint density at radius 1 is 1.35 bits per heavy atom. The Hall–Kier alpha value is -1.91. The Bertz CT molecular complexity index is 1040. The molecule has 0 spiro atoms. The molecule has 0 fully saturated rings. The SMILES string of the molecule is CN(CCNS(N)(=O)=O)c1cc(-n2ccnc2)c2ccc(Cl)c(Cl)c2n1. The van der Waals surface area contributed by atoms with Gasteiger partial charge in [-0.25, -0.2) is 19.8 Å². The first-order valence-corrected chi connectivity index (χ1v) is 9.82. The third-order valence-electron chi connectivity index (χ3n) is 3.76. The number of hydrogen-bond donors (Lipinski definition) is 2. The minimum Gasteiger partial charge on any atom is -0.358 e. The Kier molecular flexibility index (Phi) is 5.35. The molecule has 0 aliphatic carbocycles. The van der Waals surface area contributed by atoms with Crippen LogP contribution in [0.5, 0.6) is 0 Å². The summed E-state index contributed by atoms with van der Waals surface area (Å²) in [7, 11) is -1.95. The molecule has 26 heavy (non-hydrogen) atoms. The van der Waals surface area contributed by atoms with E-state index in [0.29, 0.717) is 27.9 Å². The predicted octanol–water partition coefficient (Wildman–Crippen LogP) is 1.96. The van der Waals surface area contributed by atoms with Gasteiger partial charge in [0.1, 0.15) is 5.82 Å². The zero-order valence-corrected chi connectivity index (χ0v) is 16.1. The van der Waals surface area contributed by atoms with Crippen molar-refractivity contribution >= 4 is 50.1 Å². The Balaban J connectivity index is 2.04. The highest BCUT2D eigenvalue weighted by atomic mass is 35.5. The fourth-order valence-corrected chi connectivity index (χ4v) is 3.22. The van der Waals surface area contributed by atoms with E-state index in [2.05, 4.69) is 14.7 Å². The molecule has 0 radical (unpaired) electrons. The van der Waals surface area contributed by atoms with Crippen LogP contribution in [0.15, 0.2) is 36.9 Å². The van der Waals surface area contributed by atoms with Crippen molar-refractivity contribution in [3.63, 3.8) is 0 Å². The highest BCUT2D eigenvalue weighted by Crippen LogP contribution is 2.34. The van der Waals surface area contributed by atoms with Crippen LogP contribution in [0.25, 0.3) is 16.6 Å². The van der Waals surface area contributed by atoms with Gasteiger partial charge in [0.25, 0.3) is 10.2 Å². The smallest absolute Gasteiger partial charge is 0.274 e. The molecule has 0 amide bonds. The Labute approximate surface area is 160 Å². The first-order valence-electron chi connectivity index (χ1n) is 7.52. The van der Waals surface area contributed by atoms with Gasteiger partial charge in [0.15, 0.2) is 0 Å². The van der Waals surface area contributed by atoms with Crippen LogP contribution in [0.2, 0.25) is 10.0 Å². The van der Waals surface area contributed by atoms with Crippen molar-refractivity contribution in [1.29, 1.82) is 0 Å². The zero-order chi connectivity index (χ0) is 18.9. The molecule has 0 bridgehead atoms. The lowest BCUT2D eigenvalue weighted by molar-refractivity contribution is 0.583. The fraction of sp³-hybridized carbons (Fsp3) is 0.200. The quantitative estimate of drug-likeness (QED) is 0.640. The molecule has 0 unspecified atom stereocenters. The molecule has 3 aromatic rings. The lowest BCUT2D eigenvalue weighted by Gasteiger charge is -2.20. The van der Waals surface area contributed by atoms with Gasteiger partial charge in [-0.15, -0.1) is 0 Å². The van der Waals surface area contributed by atoms with Crippen molar-refractivity contribution in [3.8, 4) is 5.69 Å². The van der Waals surface area contributed by atoms with Crippen LogP contribution >= 0.6 is 23.2 Å². The van der Waals surface area contributed by atoms with Crippen molar-refractivity contribution < 1.29 is 8.42 Å². The number of nitrogens with one attached hydrogen (secondary N) is 1. The topological polar surface area (TPSA) is 106 Å². The first kappa shape index (κ1) is 18.9. The van der Waals surface area contributed by atoms with E-state index in [1.807, 2.05) is 22.9 Å². The zero-order valence-electron chi connectivity index (χ0n) is 13.7. The lowest BCUT2D eigenvalue weighted by Crippen LogP contribution is -2.37. The van der Waals surface area contributed by atoms with Crippen LogP contribution in [0.4, 0.5) is 5.82 Å². The molecule has 1 aromatic carbocycles. The van der Waals surface area contributed by atoms with Crippen molar-refractivity contribution in [2.75, 3.05) is 25.0 Å². The highest BCUT2D eigenvalue weighted by molar-refractivity contribution is 7.87. The summed E-state index contributed by atoms with van der Waals surface area (Å²) in [5.41, 5.74) is 1.37. The minimum absolute atomic E-state index is 0.138. The molecule has 2 aromatic heterocycles. The molecule has 8 nitrogen and oxygen atoms in total. The van der Waals surface area contributed by atoms with Crippen molar-refractivity contribution in [3.05, 3.63) is 47.0 Å². The summed E-state index contributed by atoms with van der Waals surface area (Å²) in [4.78, 5) is 10.5. The number of nitrogens with two attached hydrogens (primary N) is 1. The monoisotopic (exact) mass is 414 g/mol. The number of pyridine rings is 1. The number of benzene rings is 1. The van der Waals surface area contributed by atoms with E-state index < -0.39 is 10.2 Å². The summed E-state index contributed by atoms with van der Waals surface area (Å²) in [6.07, 6.45) is 5.15. The van der Waals surface area contributed by atoms with Gasteiger partial charge in [-0.2, -0.15) is 8.42 Å². The van der Waals surface area contributed by atoms with Gasteiger partial charge in [-0.1, -0.05) is 23.2 Å². The Morgan fingerprint density at radius 2 is 2.12 bits per heavy atom. The maximum absolute atomic E-state index is 11.0. The van der Waals surface area contributed by atoms with Gasteiger partial charge in [-0.3, -0.25) is 0 Å². The van der Waals surface area contributed by atoms with Crippen LogP contribution < -0.4 is 14.8 Å². The van der Waals surface area contributed by atoms with E-state index in [4.69, 9.17) is 28.3 Å². The summed E-state index contributed by atoms with van der Waals surface area (Å²) >= 11 is 12.5. The average molecular weight is 415 g/mol. The summed E-state index contributed by atoms with van der Waals surface area (Å²) in [5, 5.41) is 6.51. The molecule has 2 heterocycles. The van der Waals surface area contributed by atoms with Crippen molar-refractivity contribution in [2.45, 2.75) is 0 Å². The molecular formula is C15H16Cl2N6O2S. The number of aromatic nitrogens is 3. The summed E-state index contributed by atoms with van der Waals surface area (Å²) in [5.74, 6) is 0.599. The van der Waals surface area contributed by atoms with Gasteiger partial charge in [0.05, 0.1) is 27.6 Å². The fourth-order valence-electron chi connectivity index (χ4n) is 2.48. The predicted molar refractivity (Wildman–Crippen MR) is 103 cm³/mol. The van der Waals surface area contributed by atoms with Crippen LogP contribution in [-0.2, 0) is 10.2 Å². The molecule has 11 heteroatoms. The molecule has 0 aliphatic heterocycles. The van der Waals surface area contributed by atoms with Crippen LogP contribution in [0, 0.1) is 0 Å². The van der Waals surface area contributed by atoms with E-state index in [1.54, 1.807) is 30.5 Å². The first-order chi connectivity index (χ1) is 12.3. The van der Waals surface area contributed by atoms with Crippen LogP contribution in [0.3, 0.4) is 0 Å². The normalized spacial score (nSPS) is 11.8. The lowest BCUT2D eigenvalue weighted by atomic mass is 10.1. The molecule has 3 N–H and O–H groups in total. The van der Waals surface area contributed by atoms with Crippen molar-refractivity contribution in [1.82, 2.24) is 19.3 Å². The molecular weight excluding hydrogens is 399 g/mol. The average Bonchev–Trinajstić information content (AvgIpc) is 3.10. The van der Waals surface area contributed by atoms with Gasteiger partial charge in [-0.05, 0) is 12.1 Å². The van der Waals surface area contributed by atoms with Gasteiger partial charge < -0.3 is 9.47 Å². The number of nitrogens with zero attached hydrogens (tertiary/aromatic N) is 4. The van der Waals surface area contributed by atoms with E-state index in [9.17, 15) is 8.42 Å². The second-order valence-corrected chi connectivity index (χ2v) is 7.75. The second kappa shape index (κ2) is 7.37. The summed E-state index contributed by atoms with van der Waals surface area (Å²) < 4.78 is 26.1. The molecule has 0 aliphatic rings. The number of likely N-dealkylation sites (N-methyl/N-ethyl adjacent to an activating group) is 1. The second-order valence-electron chi connectivity index (χ2n) is 5.59. The largest absolute Gasteiger partial charge is 0.358 e. The third-order valence-corrected chi connectivity index (χ3v) is 5.16. The van der Waals surface area contributed by atoms with E-state index in [0.717, 1.165) is 11.1 Å². The van der Waals surface area contributed by atoms with Crippen molar-refractivity contribution in [2.24, 2.45) is 5.14 Å². The molecule has 0 atom stereocenters. The number of anilines is 1. The number of hydrogen-bond acceptors (Lipinski definition) is 5. The summed E-state index contributed by atoms with van der Waals surface area (Å²) in [6.45, 7) is 0.495. The van der Waals surface area contributed by atoms with Crippen LogP contribution in [0.1, 0.15) is 0 Å².